The van der Waals surface area contributed by atoms with Crippen molar-refractivity contribution in [2.24, 2.45) is 0 Å². The van der Waals surface area contributed by atoms with Gasteiger partial charge in [-0.3, -0.25) is 4.79 Å². The highest BCUT2D eigenvalue weighted by Crippen LogP contribution is 2.16. The third-order valence-corrected chi connectivity index (χ3v) is 2.83. The van der Waals surface area contributed by atoms with E-state index in [2.05, 4.69) is 15.3 Å². The number of H-pyrrole nitrogens is 2. The van der Waals surface area contributed by atoms with Crippen LogP contribution in [0.1, 0.15) is 24.9 Å². The van der Waals surface area contributed by atoms with Gasteiger partial charge in [0.05, 0.1) is 17.5 Å². The molecule has 0 amide bonds. The molecule has 2 rings (SSSR count). The molecule has 4 N–H and O–H groups in total. The SMILES string of the molecule is CC(NCCC(=O)O)c1ccc2[nH]c(=O)[nH]c2c1. The quantitative estimate of drug-likeness (QED) is 0.635. The van der Waals surface area contributed by atoms with Crippen LogP contribution in [-0.2, 0) is 4.79 Å². The Morgan fingerprint density at radius 3 is 2.83 bits per heavy atom. The van der Waals surface area contributed by atoms with E-state index in [0.29, 0.717) is 6.54 Å². The van der Waals surface area contributed by atoms with Crippen LogP contribution in [0, 0.1) is 0 Å². The maximum absolute atomic E-state index is 11.1. The zero-order valence-corrected chi connectivity index (χ0v) is 9.99. The maximum atomic E-state index is 11.1. The number of benzene rings is 1. The molecule has 1 aromatic heterocycles. The number of nitrogens with one attached hydrogen (secondary N) is 3. The van der Waals surface area contributed by atoms with Gasteiger partial charge >= 0.3 is 11.7 Å². The molecule has 0 spiro atoms. The zero-order valence-electron chi connectivity index (χ0n) is 9.99. The summed E-state index contributed by atoms with van der Waals surface area (Å²) in [5, 5.41) is 11.7. The molecule has 0 saturated heterocycles. The molecule has 1 heterocycles. The van der Waals surface area contributed by atoms with Gasteiger partial charge in [-0.2, -0.15) is 0 Å². The summed E-state index contributed by atoms with van der Waals surface area (Å²) in [4.78, 5) is 26.9. The molecule has 0 aliphatic rings. The van der Waals surface area contributed by atoms with Crippen LogP contribution in [0.3, 0.4) is 0 Å². The Labute approximate surface area is 103 Å². The number of rotatable bonds is 5. The van der Waals surface area contributed by atoms with Crippen molar-refractivity contribution in [3.8, 4) is 0 Å². The summed E-state index contributed by atoms with van der Waals surface area (Å²) in [6, 6.07) is 5.65. The monoisotopic (exact) mass is 249 g/mol. The molecule has 96 valence electrons. The van der Waals surface area contributed by atoms with E-state index in [-0.39, 0.29) is 18.2 Å². The first-order chi connectivity index (χ1) is 8.56. The molecule has 18 heavy (non-hydrogen) atoms. The highest BCUT2D eigenvalue weighted by molar-refractivity contribution is 5.75. The van der Waals surface area contributed by atoms with E-state index < -0.39 is 5.97 Å². The molecule has 6 heteroatoms. The minimum atomic E-state index is -0.819. The van der Waals surface area contributed by atoms with Crippen molar-refractivity contribution in [1.82, 2.24) is 15.3 Å². The molecule has 1 unspecified atom stereocenters. The number of carboxylic acids is 1. The average molecular weight is 249 g/mol. The second kappa shape index (κ2) is 5.05. The normalized spacial score (nSPS) is 12.7. The van der Waals surface area contributed by atoms with Gasteiger partial charge in [0.2, 0.25) is 0 Å². The van der Waals surface area contributed by atoms with E-state index in [0.717, 1.165) is 16.6 Å². The van der Waals surface area contributed by atoms with Gasteiger partial charge < -0.3 is 20.4 Å². The molecular formula is C12H15N3O3. The Morgan fingerprint density at radius 1 is 1.39 bits per heavy atom. The number of carbonyl (C=O) groups is 1. The molecule has 0 saturated carbocycles. The molecule has 1 atom stereocenters. The lowest BCUT2D eigenvalue weighted by atomic mass is 10.1. The maximum Gasteiger partial charge on any atom is 0.323 e. The Morgan fingerprint density at radius 2 is 2.11 bits per heavy atom. The number of carboxylic acid groups (broad SMARTS) is 1. The van der Waals surface area contributed by atoms with E-state index in [9.17, 15) is 9.59 Å². The highest BCUT2D eigenvalue weighted by atomic mass is 16.4. The van der Waals surface area contributed by atoms with E-state index in [4.69, 9.17) is 5.11 Å². The number of aromatic amines is 2. The predicted molar refractivity (Wildman–Crippen MR) is 67.6 cm³/mol. The van der Waals surface area contributed by atoms with Crippen LogP contribution in [0.25, 0.3) is 11.0 Å². The lowest BCUT2D eigenvalue weighted by Gasteiger charge is -2.13. The van der Waals surface area contributed by atoms with E-state index in [1.807, 2.05) is 25.1 Å². The number of hydrogen-bond donors (Lipinski definition) is 4. The molecule has 0 aliphatic heterocycles. The minimum Gasteiger partial charge on any atom is -0.481 e. The summed E-state index contributed by atoms with van der Waals surface area (Å²) in [7, 11) is 0. The van der Waals surface area contributed by atoms with Crippen LogP contribution in [0.15, 0.2) is 23.0 Å². The zero-order chi connectivity index (χ0) is 13.1. The van der Waals surface area contributed by atoms with Crippen molar-refractivity contribution in [2.45, 2.75) is 19.4 Å². The summed E-state index contributed by atoms with van der Waals surface area (Å²) in [6.07, 6.45) is 0.0908. The topological polar surface area (TPSA) is 98.0 Å². The smallest absolute Gasteiger partial charge is 0.323 e. The first kappa shape index (κ1) is 12.4. The minimum absolute atomic E-state index is 0.0344. The summed E-state index contributed by atoms with van der Waals surface area (Å²) in [5.74, 6) is -0.819. The molecule has 0 radical (unpaired) electrons. The molecular weight excluding hydrogens is 234 g/mol. The van der Waals surface area contributed by atoms with E-state index in [1.54, 1.807) is 0 Å². The Balaban J connectivity index is 2.09. The van der Waals surface area contributed by atoms with Crippen LogP contribution >= 0.6 is 0 Å². The van der Waals surface area contributed by atoms with Crippen LogP contribution in [0.5, 0.6) is 0 Å². The van der Waals surface area contributed by atoms with Crippen LogP contribution in [0.4, 0.5) is 0 Å². The fraction of sp³-hybridized carbons (Fsp3) is 0.333. The second-order valence-corrected chi connectivity index (χ2v) is 4.20. The van der Waals surface area contributed by atoms with Gasteiger partial charge in [-0.05, 0) is 24.6 Å². The van der Waals surface area contributed by atoms with Crippen molar-refractivity contribution in [1.29, 1.82) is 0 Å². The van der Waals surface area contributed by atoms with Crippen LogP contribution in [-0.4, -0.2) is 27.6 Å². The standard InChI is InChI=1S/C12H15N3O3/c1-7(13-5-4-11(16)17)8-2-3-9-10(6-8)15-12(18)14-9/h2-3,6-7,13H,4-5H2,1H3,(H,16,17)(H2,14,15,18). The Kier molecular flexibility index (Phi) is 3.47. The van der Waals surface area contributed by atoms with E-state index >= 15 is 0 Å². The number of fused-ring (bicyclic) bond motifs is 1. The van der Waals surface area contributed by atoms with Crippen molar-refractivity contribution >= 4 is 17.0 Å². The second-order valence-electron chi connectivity index (χ2n) is 4.20. The van der Waals surface area contributed by atoms with Crippen molar-refractivity contribution < 1.29 is 9.90 Å². The number of imidazole rings is 1. The summed E-state index contributed by atoms with van der Waals surface area (Å²) >= 11 is 0. The number of aliphatic carboxylic acids is 1. The highest BCUT2D eigenvalue weighted by Gasteiger charge is 2.07. The summed E-state index contributed by atoms with van der Waals surface area (Å²) in [5.41, 5.74) is 2.29. The van der Waals surface area contributed by atoms with Crippen LogP contribution < -0.4 is 11.0 Å². The largest absolute Gasteiger partial charge is 0.481 e. The molecule has 2 aromatic rings. The van der Waals surface area contributed by atoms with Crippen molar-refractivity contribution in [2.75, 3.05) is 6.54 Å². The number of aromatic nitrogens is 2. The molecule has 0 fully saturated rings. The fourth-order valence-electron chi connectivity index (χ4n) is 1.83. The Hall–Kier alpha value is -2.08. The van der Waals surface area contributed by atoms with Gasteiger partial charge in [-0.25, -0.2) is 4.79 Å². The molecule has 1 aromatic carbocycles. The van der Waals surface area contributed by atoms with Gasteiger partial charge in [0.1, 0.15) is 0 Å². The van der Waals surface area contributed by atoms with Gasteiger partial charge in [0.15, 0.2) is 0 Å². The van der Waals surface area contributed by atoms with E-state index in [1.165, 1.54) is 0 Å². The summed E-state index contributed by atoms with van der Waals surface area (Å²) < 4.78 is 0. The lowest BCUT2D eigenvalue weighted by molar-refractivity contribution is -0.136. The van der Waals surface area contributed by atoms with Crippen molar-refractivity contribution in [3.05, 3.63) is 34.2 Å². The lowest BCUT2D eigenvalue weighted by Crippen LogP contribution is -2.21. The molecule has 0 bridgehead atoms. The van der Waals surface area contributed by atoms with Gasteiger partial charge in [0, 0.05) is 12.6 Å². The third kappa shape index (κ3) is 2.78. The summed E-state index contributed by atoms with van der Waals surface area (Å²) in [6.45, 7) is 2.37. The van der Waals surface area contributed by atoms with Gasteiger partial charge in [0.25, 0.3) is 0 Å². The first-order valence-electron chi connectivity index (χ1n) is 5.73. The van der Waals surface area contributed by atoms with Gasteiger partial charge in [-0.1, -0.05) is 6.07 Å². The number of hydrogen-bond acceptors (Lipinski definition) is 3. The first-order valence-corrected chi connectivity index (χ1v) is 5.73. The predicted octanol–water partition coefficient (Wildman–Crippen LogP) is 0.982. The fourth-order valence-corrected chi connectivity index (χ4v) is 1.83. The van der Waals surface area contributed by atoms with Gasteiger partial charge in [-0.15, -0.1) is 0 Å². The Bertz CT molecular complexity index is 614. The van der Waals surface area contributed by atoms with Crippen LogP contribution in [0.2, 0.25) is 0 Å². The molecule has 0 aliphatic carbocycles. The average Bonchev–Trinajstić information content (AvgIpc) is 2.67. The molecule has 6 nitrogen and oxygen atoms in total. The van der Waals surface area contributed by atoms with Crippen molar-refractivity contribution in [3.63, 3.8) is 0 Å². The third-order valence-electron chi connectivity index (χ3n) is 2.83.